The van der Waals surface area contributed by atoms with Crippen LogP contribution in [0.2, 0.25) is 0 Å². The number of benzene rings is 1. The van der Waals surface area contributed by atoms with Gasteiger partial charge in [0.25, 0.3) is 0 Å². The van der Waals surface area contributed by atoms with Crippen molar-refractivity contribution in [3.63, 3.8) is 0 Å². The third-order valence-corrected chi connectivity index (χ3v) is 4.75. The van der Waals surface area contributed by atoms with Gasteiger partial charge in [-0.25, -0.2) is 0 Å². The molecule has 1 aromatic carbocycles. The van der Waals surface area contributed by atoms with E-state index in [0.717, 1.165) is 30.0 Å². The van der Waals surface area contributed by atoms with E-state index in [1.807, 2.05) is 23.1 Å². The summed E-state index contributed by atoms with van der Waals surface area (Å²) in [4.78, 5) is 13.2. The van der Waals surface area contributed by atoms with Crippen LogP contribution in [0.4, 0.5) is 0 Å². The summed E-state index contributed by atoms with van der Waals surface area (Å²) in [6, 6.07) is 5.68. The summed E-state index contributed by atoms with van der Waals surface area (Å²) < 4.78 is 11.2. The van der Waals surface area contributed by atoms with Crippen LogP contribution in [-0.4, -0.2) is 60.5 Å². The van der Waals surface area contributed by atoms with Gasteiger partial charge < -0.3 is 19.7 Å². The SMILES string of the molecule is COc1ccc(OCC(O)CN2CCCC(C(=O)O)C2)c(C(C)(C)C)c1. The number of methoxy groups -OCH3 is 1. The monoisotopic (exact) mass is 365 g/mol. The molecule has 1 aromatic rings. The minimum atomic E-state index is -0.756. The lowest BCUT2D eigenvalue weighted by atomic mass is 9.86. The molecule has 26 heavy (non-hydrogen) atoms. The number of piperidine rings is 1. The average Bonchev–Trinajstić information content (AvgIpc) is 2.59. The van der Waals surface area contributed by atoms with E-state index < -0.39 is 12.1 Å². The molecule has 6 nitrogen and oxygen atoms in total. The van der Waals surface area contributed by atoms with Crippen molar-refractivity contribution < 1.29 is 24.5 Å². The number of carboxylic acids is 1. The van der Waals surface area contributed by atoms with Gasteiger partial charge >= 0.3 is 5.97 Å². The Morgan fingerprint density at radius 1 is 1.38 bits per heavy atom. The van der Waals surface area contributed by atoms with E-state index in [9.17, 15) is 9.90 Å². The minimum absolute atomic E-state index is 0.115. The number of hydrogen-bond donors (Lipinski definition) is 2. The zero-order valence-electron chi connectivity index (χ0n) is 16.2. The fourth-order valence-corrected chi connectivity index (χ4v) is 3.31. The van der Waals surface area contributed by atoms with Gasteiger partial charge in [0.15, 0.2) is 0 Å². The van der Waals surface area contributed by atoms with E-state index in [1.54, 1.807) is 7.11 Å². The van der Waals surface area contributed by atoms with Crippen molar-refractivity contribution in [2.24, 2.45) is 5.92 Å². The smallest absolute Gasteiger partial charge is 0.307 e. The second-order valence-electron chi connectivity index (χ2n) is 8.01. The molecule has 1 heterocycles. The molecule has 0 bridgehead atoms. The van der Waals surface area contributed by atoms with Crippen LogP contribution in [-0.2, 0) is 10.2 Å². The molecule has 6 heteroatoms. The molecule has 1 fully saturated rings. The van der Waals surface area contributed by atoms with Crippen LogP contribution in [0.3, 0.4) is 0 Å². The molecule has 146 valence electrons. The van der Waals surface area contributed by atoms with E-state index in [2.05, 4.69) is 20.8 Å². The molecule has 1 saturated heterocycles. The molecule has 0 aliphatic carbocycles. The standard InChI is InChI=1S/C20H31NO5/c1-20(2,3)17-10-16(25-4)7-8-18(17)26-13-15(22)12-21-9-5-6-14(11-21)19(23)24/h7-8,10,14-15,22H,5-6,9,11-13H2,1-4H3,(H,23,24). The van der Waals surface area contributed by atoms with Crippen LogP contribution in [0, 0.1) is 5.92 Å². The molecule has 2 unspecified atom stereocenters. The van der Waals surface area contributed by atoms with Crippen LogP contribution in [0.15, 0.2) is 18.2 Å². The summed E-state index contributed by atoms with van der Waals surface area (Å²) in [6.45, 7) is 8.20. The Morgan fingerprint density at radius 3 is 2.73 bits per heavy atom. The molecular weight excluding hydrogens is 334 g/mol. The van der Waals surface area contributed by atoms with Crippen molar-refractivity contribution in [2.45, 2.75) is 45.1 Å². The van der Waals surface area contributed by atoms with Gasteiger partial charge in [-0.2, -0.15) is 0 Å². The van der Waals surface area contributed by atoms with Crippen LogP contribution in [0.5, 0.6) is 11.5 Å². The normalized spacial score (nSPS) is 19.8. The first kappa shape index (κ1) is 20.5. The molecule has 2 atom stereocenters. The van der Waals surface area contributed by atoms with Crippen LogP contribution in [0.1, 0.15) is 39.2 Å². The topological polar surface area (TPSA) is 79.2 Å². The molecule has 1 aliphatic rings. The fourth-order valence-electron chi connectivity index (χ4n) is 3.31. The number of rotatable bonds is 7. The van der Waals surface area contributed by atoms with E-state index in [0.29, 0.717) is 19.5 Å². The highest BCUT2D eigenvalue weighted by atomic mass is 16.5. The highest BCUT2D eigenvalue weighted by molar-refractivity contribution is 5.70. The summed E-state index contributed by atoms with van der Waals surface area (Å²) in [6.07, 6.45) is 0.883. The minimum Gasteiger partial charge on any atom is -0.497 e. The third kappa shape index (κ3) is 5.61. The summed E-state index contributed by atoms with van der Waals surface area (Å²) in [5, 5.41) is 19.5. The van der Waals surface area contributed by atoms with E-state index >= 15 is 0 Å². The maximum Gasteiger partial charge on any atom is 0.307 e. The molecule has 0 radical (unpaired) electrons. The largest absolute Gasteiger partial charge is 0.497 e. The molecule has 0 spiro atoms. The van der Waals surface area contributed by atoms with E-state index in [1.165, 1.54) is 0 Å². The number of aliphatic hydroxyl groups is 1. The van der Waals surface area contributed by atoms with Gasteiger partial charge in [0, 0.05) is 18.7 Å². The molecule has 0 aromatic heterocycles. The van der Waals surface area contributed by atoms with Gasteiger partial charge in [-0.05, 0) is 43.0 Å². The summed E-state index contributed by atoms with van der Waals surface area (Å²) in [5.74, 6) is 0.412. The highest BCUT2D eigenvalue weighted by Crippen LogP contribution is 2.34. The molecular formula is C20H31NO5. The number of nitrogens with zero attached hydrogens (tertiary/aromatic N) is 1. The Labute approximate surface area is 155 Å². The van der Waals surface area contributed by atoms with Crippen molar-refractivity contribution >= 4 is 5.97 Å². The maximum atomic E-state index is 11.2. The lowest BCUT2D eigenvalue weighted by Gasteiger charge is -2.32. The zero-order chi connectivity index (χ0) is 19.3. The van der Waals surface area contributed by atoms with E-state index in [-0.39, 0.29) is 17.9 Å². The predicted molar refractivity (Wildman–Crippen MR) is 100.0 cm³/mol. The summed E-state index contributed by atoms with van der Waals surface area (Å²) >= 11 is 0. The second-order valence-corrected chi connectivity index (χ2v) is 8.01. The Bertz CT molecular complexity index is 611. The van der Waals surface area contributed by atoms with Gasteiger partial charge in [-0.15, -0.1) is 0 Å². The lowest BCUT2D eigenvalue weighted by Crippen LogP contribution is -2.43. The zero-order valence-corrected chi connectivity index (χ0v) is 16.2. The van der Waals surface area contributed by atoms with Gasteiger partial charge in [0.1, 0.15) is 24.2 Å². The first-order valence-electron chi connectivity index (χ1n) is 9.15. The number of carboxylic acid groups (broad SMARTS) is 1. The van der Waals surface area contributed by atoms with Crippen LogP contribution < -0.4 is 9.47 Å². The van der Waals surface area contributed by atoms with Gasteiger partial charge in [0.2, 0.25) is 0 Å². The fraction of sp³-hybridized carbons (Fsp3) is 0.650. The predicted octanol–water partition coefficient (Wildman–Crippen LogP) is 2.53. The van der Waals surface area contributed by atoms with Crippen molar-refractivity contribution in [1.82, 2.24) is 4.90 Å². The quantitative estimate of drug-likeness (QED) is 0.773. The van der Waals surface area contributed by atoms with Gasteiger partial charge in [-0.1, -0.05) is 20.8 Å². The van der Waals surface area contributed by atoms with Crippen LogP contribution >= 0.6 is 0 Å². The molecule has 1 aliphatic heterocycles. The van der Waals surface area contributed by atoms with Crippen LogP contribution in [0.25, 0.3) is 0 Å². The number of carbonyl (C=O) groups is 1. The highest BCUT2D eigenvalue weighted by Gasteiger charge is 2.27. The molecule has 0 amide bonds. The third-order valence-electron chi connectivity index (χ3n) is 4.75. The Kier molecular flexibility index (Phi) is 6.89. The Morgan fingerprint density at radius 2 is 2.12 bits per heavy atom. The number of hydrogen-bond acceptors (Lipinski definition) is 5. The summed E-state index contributed by atoms with van der Waals surface area (Å²) in [7, 11) is 1.63. The van der Waals surface area contributed by atoms with Crippen molar-refractivity contribution in [1.29, 1.82) is 0 Å². The second kappa shape index (κ2) is 8.73. The van der Waals surface area contributed by atoms with E-state index in [4.69, 9.17) is 14.6 Å². The summed E-state index contributed by atoms with van der Waals surface area (Å²) in [5.41, 5.74) is 0.907. The first-order chi connectivity index (χ1) is 12.2. The maximum absolute atomic E-state index is 11.2. The molecule has 2 rings (SSSR count). The van der Waals surface area contributed by atoms with Crippen molar-refractivity contribution in [3.05, 3.63) is 23.8 Å². The Balaban J connectivity index is 1.95. The lowest BCUT2D eigenvalue weighted by molar-refractivity contribution is -0.143. The van der Waals surface area contributed by atoms with Crippen molar-refractivity contribution in [2.75, 3.05) is 33.4 Å². The van der Waals surface area contributed by atoms with Gasteiger partial charge in [-0.3, -0.25) is 9.69 Å². The molecule has 0 saturated carbocycles. The number of likely N-dealkylation sites (tertiary alicyclic amines) is 1. The average molecular weight is 365 g/mol. The Hall–Kier alpha value is -1.79. The van der Waals surface area contributed by atoms with Crippen molar-refractivity contribution in [3.8, 4) is 11.5 Å². The number of aliphatic hydroxyl groups excluding tert-OH is 1. The number of β-amino-alcohol motifs (C(OH)–C–C–N with tert-alkyl or cyclic N) is 1. The van der Waals surface area contributed by atoms with Gasteiger partial charge in [0.05, 0.1) is 13.0 Å². The molecule has 2 N–H and O–H groups in total. The first-order valence-corrected chi connectivity index (χ1v) is 9.15. The number of aliphatic carboxylic acids is 1. The number of ether oxygens (including phenoxy) is 2.